The second kappa shape index (κ2) is 6.24. The van der Waals surface area contributed by atoms with Crippen LogP contribution in [0.15, 0.2) is 12.3 Å². The molecule has 1 aromatic heterocycles. The fourth-order valence-electron chi connectivity index (χ4n) is 2.83. The van der Waals surface area contributed by atoms with Crippen molar-refractivity contribution in [2.45, 2.75) is 38.6 Å². The van der Waals surface area contributed by atoms with Gasteiger partial charge in [0.2, 0.25) is 0 Å². The Morgan fingerprint density at radius 3 is 2.58 bits per heavy atom. The fourth-order valence-corrected chi connectivity index (χ4v) is 2.83. The summed E-state index contributed by atoms with van der Waals surface area (Å²) in [6.45, 7) is 3.68. The van der Waals surface area contributed by atoms with E-state index in [0.717, 1.165) is 30.4 Å². The van der Waals surface area contributed by atoms with E-state index in [2.05, 4.69) is 16.9 Å². The van der Waals surface area contributed by atoms with Crippen molar-refractivity contribution in [3.63, 3.8) is 0 Å². The van der Waals surface area contributed by atoms with Crippen LogP contribution in [0.4, 0.5) is 0 Å². The largest absolute Gasteiger partial charge is 0.365 e. The molecule has 0 unspecified atom stereocenters. The summed E-state index contributed by atoms with van der Waals surface area (Å²) >= 11 is 0. The van der Waals surface area contributed by atoms with Crippen molar-refractivity contribution in [3.05, 3.63) is 23.5 Å². The maximum atomic E-state index is 12.2. The Hall–Kier alpha value is -1.29. The number of aryl methyl sites for hydroxylation is 1. The van der Waals surface area contributed by atoms with E-state index in [0.29, 0.717) is 0 Å². The first-order valence-electron chi connectivity index (χ1n) is 7.19. The first-order valence-corrected chi connectivity index (χ1v) is 7.19. The van der Waals surface area contributed by atoms with Gasteiger partial charge < -0.3 is 14.8 Å². The maximum absolute atomic E-state index is 12.2. The molecule has 4 nitrogen and oxygen atoms in total. The summed E-state index contributed by atoms with van der Waals surface area (Å²) in [5, 5.41) is 0. The molecule has 0 spiro atoms. The van der Waals surface area contributed by atoms with Crippen molar-refractivity contribution in [1.82, 2.24) is 14.8 Å². The van der Waals surface area contributed by atoms with Crippen LogP contribution in [0.5, 0.6) is 0 Å². The van der Waals surface area contributed by atoms with Gasteiger partial charge in [0.1, 0.15) is 0 Å². The van der Waals surface area contributed by atoms with Crippen LogP contribution in [0, 0.1) is 6.92 Å². The molecule has 0 aromatic carbocycles. The zero-order valence-electron chi connectivity index (χ0n) is 12.3. The van der Waals surface area contributed by atoms with E-state index in [9.17, 15) is 4.79 Å². The van der Waals surface area contributed by atoms with Crippen molar-refractivity contribution in [2.24, 2.45) is 0 Å². The molecule has 0 aliphatic heterocycles. The van der Waals surface area contributed by atoms with E-state index in [4.69, 9.17) is 0 Å². The predicted molar refractivity (Wildman–Crippen MR) is 77.4 cm³/mol. The Morgan fingerprint density at radius 1 is 1.32 bits per heavy atom. The van der Waals surface area contributed by atoms with Gasteiger partial charge >= 0.3 is 0 Å². The van der Waals surface area contributed by atoms with Gasteiger partial charge in [-0.15, -0.1) is 0 Å². The highest BCUT2D eigenvalue weighted by Gasteiger charge is 2.20. The molecule has 19 heavy (non-hydrogen) atoms. The van der Waals surface area contributed by atoms with Gasteiger partial charge in [-0.2, -0.15) is 0 Å². The summed E-state index contributed by atoms with van der Waals surface area (Å²) in [4.78, 5) is 19.5. The lowest BCUT2D eigenvalue weighted by Gasteiger charge is -2.26. The standard InChI is InChI=1S/C15H25N3O/c1-12-14(8-9-16-12)15(19)18(3)11-10-17(2)13-6-4-5-7-13/h8-9,13,16H,4-7,10-11H2,1-3H3. The van der Waals surface area contributed by atoms with E-state index in [-0.39, 0.29) is 5.91 Å². The summed E-state index contributed by atoms with van der Waals surface area (Å²) < 4.78 is 0. The smallest absolute Gasteiger partial charge is 0.255 e. The lowest BCUT2D eigenvalue weighted by molar-refractivity contribution is 0.0774. The van der Waals surface area contributed by atoms with Gasteiger partial charge in [-0.25, -0.2) is 0 Å². The highest BCUT2D eigenvalue weighted by Crippen LogP contribution is 2.22. The third kappa shape index (κ3) is 3.38. The fraction of sp³-hybridized carbons (Fsp3) is 0.667. The van der Waals surface area contributed by atoms with Gasteiger partial charge in [-0.3, -0.25) is 4.79 Å². The van der Waals surface area contributed by atoms with Crippen molar-refractivity contribution in [3.8, 4) is 0 Å². The molecule has 1 aromatic rings. The Bertz CT molecular complexity index is 421. The van der Waals surface area contributed by atoms with Crippen LogP contribution < -0.4 is 0 Å². The van der Waals surface area contributed by atoms with Crippen molar-refractivity contribution in [1.29, 1.82) is 0 Å². The molecule has 1 saturated carbocycles. The first-order chi connectivity index (χ1) is 9.09. The Labute approximate surface area is 115 Å². The van der Waals surface area contributed by atoms with Gasteiger partial charge in [-0.05, 0) is 32.9 Å². The van der Waals surface area contributed by atoms with Crippen LogP contribution in [0.3, 0.4) is 0 Å². The van der Waals surface area contributed by atoms with Crippen LogP contribution in [-0.4, -0.2) is 53.9 Å². The number of nitrogens with zero attached hydrogens (tertiary/aromatic N) is 2. The van der Waals surface area contributed by atoms with Crippen molar-refractivity contribution >= 4 is 5.91 Å². The van der Waals surface area contributed by atoms with Crippen molar-refractivity contribution < 1.29 is 4.79 Å². The normalized spacial score (nSPS) is 16.2. The molecule has 1 aliphatic rings. The van der Waals surface area contributed by atoms with E-state index >= 15 is 0 Å². The Balaban J connectivity index is 1.82. The third-order valence-electron chi connectivity index (χ3n) is 4.27. The third-order valence-corrected chi connectivity index (χ3v) is 4.27. The van der Waals surface area contributed by atoms with Gasteiger partial charge in [0, 0.05) is 38.1 Å². The molecular formula is C15H25N3O. The van der Waals surface area contributed by atoms with E-state index in [1.807, 2.05) is 31.1 Å². The molecule has 2 rings (SSSR count). The molecule has 1 amide bonds. The van der Waals surface area contributed by atoms with Gasteiger partial charge in [0.05, 0.1) is 5.56 Å². The number of likely N-dealkylation sites (N-methyl/N-ethyl adjacent to an activating group) is 2. The van der Waals surface area contributed by atoms with Crippen LogP contribution >= 0.6 is 0 Å². The average Bonchev–Trinajstić information content (AvgIpc) is 3.05. The van der Waals surface area contributed by atoms with Crippen LogP contribution in [-0.2, 0) is 0 Å². The average molecular weight is 263 g/mol. The van der Waals surface area contributed by atoms with Gasteiger partial charge in [0.25, 0.3) is 5.91 Å². The minimum absolute atomic E-state index is 0.110. The number of aromatic amines is 1. The number of carbonyl (C=O) groups excluding carboxylic acids is 1. The highest BCUT2D eigenvalue weighted by atomic mass is 16.2. The number of nitrogens with one attached hydrogen (secondary N) is 1. The maximum Gasteiger partial charge on any atom is 0.255 e. The molecular weight excluding hydrogens is 238 g/mol. The number of hydrogen-bond donors (Lipinski definition) is 1. The van der Waals surface area contributed by atoms with Crippen LogP contribution in [0.2, 0.25) is 0 Å². The molecule has 1 fully saturated rings. The molecule has 0 atom stereocenters. The van der Waals surface area contributed by atoms with Gasteiger partial charge in [-0.1, -0.05) is 12.8 Å². The minimum Gasteiger partial charge on any atom is -0.365 e. The topological polar surface area (TPSA) is 39.3 Å². The second-order valence-corrected chi connectivity index (χ2v) is 5.66. The van der Waals surface area contributed by atoms with Crippen LogP contribution in [0.25, 0.3) is 0 Å². The Morgan fingerprint density at radius 2 is 2.00 bits per heavy atom. The van der Waals surface area contributed by atoms with Gasteiger partial charge in [0.15, 0.2) is 0 Å². The summed E-state index contributed by atoms with van der Waals surface area (Å²) in [6.07, 6.45) is 7.15. The highest BCUT2D eigenvalue weighted by molar-refractivity contribution is 5.95. The summed E-state index contributed by atoms with van der Waals surface area (Å²) in [6, 6.07) is 2.58. The monoisotopic (exact) mass is 263 g/mol. The summed E-state index contributed by atoms with van der Waals surface area (Å²) in [5.74, 6) is 0.110. The number of carbonyl (C=O) groups is 1. The minimum atomic E-state index is 0.110. The van der Waals surface area contributed by atoms with Crippen LogP contribution in [0.1, 0.15) is 41.7 Å². The molecule has 1 N–H and O–H groups in total. The number of hydrogen-bond acceptors (Lipinski definition) is 2. The molecule has 0 bridgehead atoms. The zero-order valence-corrected chi connectivity index (χ0v) is 12.3. The molecule has 106 valence electrons. The number of amides is 1. The SMILES string of the molecule is Cc1[nH]ccc1C(=O)N(C)CCN(C)C1CCCC1. The lowest BCUT2D eigenvalue weighted by Crippen LogP contribution is -2.38. The quantitative estimate of drug-likeness (QED) is 0.885. The lowest BCUT2D eigenvalue weighted by atomic mass is 10.2. The first kappa shape index (κ1) is 14.1. The van der Waals surface area contributed by atoms with E-state index in [1.165, 1.54) is 25.7 Å². The summed E-state index contributed by atoms with van der Waals surface area (Å²) in [5.41, 5.74) is 1.73. The molecule has 1 aliphatic carbocycles. The van der Waals surface area contributed by atoms with E-state index < -0.39 is 0 Å². The number of H-pyrrole nitrogens is 1. The zero-order chi connectivity index (χ0) is 13.8. The number of rotatable bonds is 5. The van der Waals surface area contributed by atoms with Crippen molar-refractivity contribution in [2.75, 3.05) is 27.2 Å². The second-order valence-electron chi connectivity index (χ2n) is 5.66. The van der Waals surface area contributed by atoms with E-state index in [1.54, 1.807) is 0 Å². The Kier molecular flexibility index (Phi) is 4.64. The molecule has 0 radical (unpaired) electrons. The molecule has 1 heterocycles. The molecule has 0 saturated heterocycles. The molecule has 4 heteroatoms. The number of aromatic nitrogens is 1. The summed E-state index contributed by atoms with van der Waals surface area (Å²) in [7, 11) is 4.06. The predicted octanol–water partition coefficient (Wildman–Crippen LogP) is 2.27.